The van der Waals surface area contributed by atoms with E-state index in [2.05, 4.69) is 5.32 Å². The second-order valence-corrected chi connectivity index (χ2v) is 7.15. The van der Waals surface area contributed by atoms with Gasteiger partial charge in [0.15, 0.2) is 6.61 Å². The zero-order valence-electron chi connectivity index (χ0n) is 15.0. The molecule has 0 bridgehead atoms. The monoisotopic (exact) mass is 351 g/mol. The van der Waals surface area contributed by atoms with Crippen molar-refractivity contribution in [1.29, 1.82) is 0 Å². The van der Waals surface area contributed by atoms with E-state index in [9.17, 15) is 14.0 Å². The van der Waals surface area contributed by atoms with Gasteiger partial charge < -0.3 is 19.9 Å². The Bertz CT molecular complexity index is 616. The quantitative estimate of drug-likeness (QED) is 0.909. The van der Waals surface area contributed by atoms with Gasteiger partial charge in [-0.2, -0.15) is 0 Å². The smallest absolute Gasteiger partial charge is 0.317 e. The first-order chi connectivity index (χ1) is 11.7. The highest BCUT2D eigenvalue weighted by atomic mass is 19.1. The first-order valence-electron chi connectivity index (χ1n) is 8.48. The van der Waals surface area contributed by atoms with E-state index in [0.717, 1.165) is 0 Å². The molecule has 0 unspecified atom stereocenters. The molecule has 0 aliphatic carbocycles. The fraction of sp³-hybridized carbons (Fsp3) is 0.556. The lowest BCUT2D eigenvalue weighted by Crippen LogP contribution is -2.49. The van der Waals surface area contributed by atoms with Gasteiger partial charge in [-0.15, -0.1) is 0 Å². The number of hydrogen-bond donors (Lipinski definition) is 1. The number of nitrogens with one attached hydrogen (secondary N) is 1. The summed E-state index contributed by atoms with van der Waals surface area (Å²) in [5.74, 6) is -0.239. The summed E-state index contributed by atoms with van der Waals surface area (Å²) in [6, 6.07) is 5.59. The molecule has 1 N–H and O–H groups in total. The van der Waals surface area contributed by atoms with Crippen LogP contribution < -0.4 is 10.1 Å². The number of carbonyl (C=O) groups is 2. The van der Waals surface area contributed by atoms with Gasteiger partial charge in [0.2, 0.25) is 0 Å². The average Bonchev–Trinajstić information content (AvgIpc) is 2.77. The van der Waals surface area contributed by atoms with Gasteiger partial charge >= 0.3 is 6.03 Å². The number of nitrogens with zero attached hydrogens (tertiary/aromatic N) is 2. The molecule has 1 aliphatic rings. The largest absolute Gasteiger partial charge is 0.484 e. The second kappa shape index (κ2) is 8.18. The van der Waals surface area contributed by atoms with E-state index in [1.165, 1.54) is 18.2 Å². The fourth-order valence-electron chi connectivity index (χ4n) is 2.56. The van der Waals surface area contributed by atoms with Gasteiger partial charge in [-0.05, 0) is 39.3 Å². The van der Waals surface area contributed by atoms with Crippen LogP contribution in [0.25, 0.3) is 0 Å². The molecule has 1 aromatic carbocycles. The van der Waals surface area contributed by atoms with E-state index in [1.54, 1.807) is 15.9 Å². The minimum absolute atomic E-state index is 0.113. The third-order valence-electron chi connectivity index (χ3n) is 3.78. The molecule has 1 saturated heterocycles. The van der Waals surface area contributed by atoms with Crippen molar-refractivity contribution >= 4 is 11.9 Å². The normalized spacial score (nSPS) is 15.5. The van der Waals surface area contributed by atoms with Gasteiger partial charge in [0, 0.05) is 37.8 Å². The van der Waals surface area contributed by atoms with Crippen molar-refractivity contribution in [2.75, 3.05) is 32.8 Å². The molecule has 6 nitrogen and oxygen atoms in total. The molecule has 1 aliphatic heterocycles. The number of carbonyl (C=O) groups excluding carboxylic acids is 2. The molecular weight excluding hydrogens is 325 g/mol. The maximum absolute atomic E-state index is 13.1. The van der Waals surface area contributed by atoms with Crippen molar-refractivity contribution in [2.24, 2.45) is 0 Å². The first kappa shape index (κ1) is 19.0. The summed E-state index contributed by atoms with van der Waals surface area (Å²) >= 11 is 0. The topological polar surface area (TPSA) is 61.9 Å². The molecule has 3 amide bonds. The third kappa shape index (κ3) is 6.25. The highest BCUT2D eigenvalue weighted by molar-refractivity contribution is 5.78. The van der Waals surface area contributed by atoms with Gasteiger partial charge in [-0.25, -0.2) is 9.18 Å². The van der Waals surface area contributed by atoms with Crippen molar-refractivity contribution in [2.45, 2.75) is 32.7 Å². The molecule has 138 valence electrons. The van der Waals surface area contributed by atoms with Gasteiger partial charge in [0.05, 0.1) is 0 Å². The van der Waals surface area contributed by atoms with Gasteiger partial charge in [-0.3, -0.25) is 4.79 Å². The Kier molecular flexibility index (Phi) is 6.22. The molecule has 1 aromatic rings. The fourth-order valence-corrected chi connectivity index (χ4v) is 2.56. The maximum Gasteiger partial charge on any atom is 0.317 e. The van der Waals surface area contributed by atoms with Gasteiger partial charge in [-0.1, -0.05) is 6.07 Å². The van der Waals surface area contributed by atoms with Crippen LogP contribution in [-0.2, 0) is 4.79 Å². The summed E-state index contributed by atoms with van der Waals surface area (Å²) in [4.78, 5) is 28.0. The first-order valence-corrected chi connectivity index (χ1v) is 8.48. The minimum atomic E-state index is -0.403. The van der Waals surface area contributed by atoms with Crippen molar-refractivity contribution in [3.8, 4) is 5.75 Å². The third-order valence-corrected chi connectivity index (χ3v) is 3.78. The van der Waals surface area contributed by atoms with Crippen LogP contribution in [-0.4, -0.2) is 60.1 Å². The summed E-state index contributed by atoms with van der Waals surface area (Å²) in [6.45, 7) is 7.78. The Morgan fingerprint density at radius 3 is 2.52 bits per heavy atom. The van der Waals surface area contributed by atoms with Crippen LogP contribution in [0.4, 0.5) is 9.18 Å². The van der Waals surface area contributed by atoms with Crippen molar-refractivity contribution in [3.63, 3.8) is 0 Å². The van der Waals surface area contributed by atoms with E-state index < -0.39 is 5.82 Å². The predicted octanol–water partition coefficient (Wildman–Crippen LogP) is 2.25. The van der Waals surface area contributed by atoms with Crippen molar-refractivity contribution in [1.82, 2.24) is 15.1 Å². The van der Waals surface area contributed by atoms with Crippen LogP contribution in [0.15, 0.2) is 24.3 Å². The standard InChI is InChI=1S/C18H26FN3O3/c1-18(2,3)20-17(24)22-9-5-8-21(10-11-22)16(23)13-25-15-7-4-6-14(19)12-15/h4,6-7,12H,5,8-11,13H2,1-3H3,(H,20,24). The number of halogens is 1. The SMILES string of the molecule is CC(C)(C)NC(=O)N1CCCN(C(=O)COc2cccc(F)c2)CC1. The number of hydrogen-bond acceptors (Lipinski definition) is 3. The number of urea groups is 1. The zero-order valence-corrected chi connectivity index (χ0v) is 15.0. The lowest BCUT2D eigenvalue weighted by Gasteiger charge is -2.27. The number of rotatable bonds is 3. The highest BCUT2D eigenvalue weighted by Crippen LogP contribution is 2.12. The highest BCUT2D eigenvalue weighted by Gasteiger charge is 2.24. The summed E-state index contributed by atoms with van der Waals surface area (Å²) < 4.78 is 18.5. The van der Waals surface area contributed by atoms with E-state index >= 15 is 0 Å². The number of amides is 3. The van der Waals surface area contributed by atoms with Gasteiger partial charge in [0.1, 0.15) is 11.6 Å². The van der Waals surface area contributed by atoms with E-state index in [1.807, 2.05) is 20.8 Å². The molecule has 0 spiro atoms. The zero-order chi connectivity index (χ0) is 18.4. The Hall–Kier alpha value is -2.31. The van der Waals surface area contributed by atoms with E-state index in [0.29, 0.717) is 38.3 Å². The summed E-state index contributed by atoms with van der Waals surface area (Å²) in [7, 11) is 0. The molecule has 1 heterocycles. The van der Waals surface area contributed by atoms with Crippen LogP contribution in [0.2, 0.25) is 0 Å². The molecular formula is C18H26FN3O3. The average molecular weight is 351 g/mol. The summed E-state index contributed by atoms with van der Waals surface area (Å²) in [5, 5.41) is 2.94. The second-order valence-electron chi connectivity index (χ2n) is 7.15. The lowest BCUT2D eigenvalue weighted by molar-refractivity contribution is -0.133. The van der Waals surface area contributed by atoms with Crippen molar-refractivity contribution in [3.05, 3.63) is 30.1 Å². The predicted molar refractivity (Wildman–Crippen MR) is 92.9 cm³/mol. The molecule has 2 rings (SSSR count). The van der Waals surface area contributed by atoms with Crippen LogP contribution >= 0.6 is 0 Å². The van der Waals surface area contributed by atoms with Crippen LogP contribution in [0.1, 0.15) is 27.2 Å². The molecule has 7 heteroatoms. The van der Waals surface area contributed by atoms with Gasteiger partial charge in [0.25, 0.3) is 5.91 Å². The van der Waals surface area contributed by atoms with E-state index in [4.69, 9.17) is 4.74 Å². The summed E-state index contributed by atoms with van der Waals surface area (Å²) in [6.07, 6.45) is 0.712. The summed E-state index contributed by atoms with van der Waals surface area (Å²) in [5.41, 5.74) is -0.294. The molecule has 25 heavy (non-hydrogen) atoms. The number of ether oxygens (including phenoxy) is 1. The Balaban J connectivity index is 1.83. The molecule has 0 aromatic heterocycles. The van der Waals surface area contributed by atoms with Crippen LogP contribution in [0, 0.1) is 5.82 Å². The minimum Gasteiger partial charge on any atom is -0.484 e. The Morgan fingerprint density at radius 1 is 1.16 bits per heavy atom. The molecule has 0 saturated carbocycles. The van der Waals surface area contributed by atoms with Crippen molar-refractivity contribution < 1.29 is 18.7 Å². The molecule has 0 radical (unpaired) electrons. The Morgan fingerprint density at radius 2 is 1.84 bits per heavy atom. The van der Waals surface area contributed by atoms with Crippen LogP contribution in [0.3, 0.4) is 0 Å². The maximum atomic E-state index is 13.1. The molecule has 1 fully saturated rings. The molecule has 0 atom stereocenters. The number of benzene rings is 1. The van der Waals surface area contributed by atoms with E-state index in [-0.39, 0.29) is 24.1 Å². The Labute approximate surface area is 147 Å². The van der Waals surface area contributed by atoms with Crippen LogP contribution in [0.5, 0.6) is 5.75 Å². The lowest BCUT2D eigenvalue weighted by atomic mass is 10.1.